The zero-order valence-corrected chi connectivity index (χ0v) is 18.5. The van der Waals surface area contributed by atoms with Gasteiger partial charge in [-0.1, -0.05) is 24.3 Å². The van der Waals surface area contributed by atoms with Crippen LogP contribution in [0, 0.1) is 0 Å². The Bertz CT molecular complexity index is 1020. The number of hydrogen-bond acceptors (Lipinski definition) is 5. The second-order valence-electron chi connectivity index (χ2n) is 8.81. The van der Waals surface area contributed by atoms with Crippen molar-refractivity contribution in [1.29, 1.82) is 0 Å². The van der Waals surface area contributed by atoms with E-state index in [0.717, 1.165) is 44.1 Å². The molecule has 5 nitrogen and oxygen atoms in total. The summed E-state index contributed by atoms with van der Waals surface area (Å²) in [5, 5.41) is 2.38. The Morgan fingerprint density at radius 1 is 0.968 bits per heavy atom. The van der Waals surface area contributed by atoms with E-state index >= 15 is 0 Å². The summed E-state index contributed by atoms with van der Waals surface area (Å²) >= 11 is 0. The first-order chi connectivity index (χ1) is 15.2. The third-order valence-electron chi connectivity index (χ3n) is 6.45. The molecule has 1 atom stereocenters. The van der Waals surface area contributed by atoms with Crippen molar-refractivity contribution in [3.63, 3.8) is 0 Å². The van der Waals surface area contributed by atoms with Crippen molar-refractivity contribution in [2.45, 2.75) is 38.0 Å². The van der Waals surface area contributed by atoms with Crippen LogP contribution in [0.15, 0.2) is 54.7 Å². The number of aromatic nitrogens is 1. The van der Waals surface area contributed by atoms with Crippen LogP contribution < -0.4 is 9.64 Å². The smallest absolute Gasteiger partial charge is 0.135 e. The fourth-order valence-electron chi connectivity index (χ4n) is 4.75. The molecule has 3 heterocycles. The van der Waals surface area contributed by atoms with Crippen molar-refractivity contribution >= 4 is 16.6 Å². The SMILES string of the molecule is CN(C)c1nccc2cc(-c3ccc(OC4CCN(C5CCCO5)CC4)cc3)ccc12. The minimum absolute atomic E-state index is 0.293. The Morgan fingerprint density at radius 2 is 1.74 bits per heavy atom. The van der Waals surface area contributed by atoms with Gasteiger partial charge >= 0.3 is 0 Å². The minimum atomic E-state index is 0.293. The lowest BCUT2D eigenvalue weighted by Gasteiger charge is -2.35. The van der Waals surface area contributed by atoms with Gasteiger partial charge < -0.3 is 14.4 Å². The number of likely N-dealkylation sites (tertiary alicyclic amines) is 1. The molecule has 0 radical (unpaired) electrons. The lowest BCUT2D eigenvalue weighted by Crippen LogP contribution is -2.43. The van der Waals surface area contributed by atoms with Crippen molar-refractivity contribution in [1.82, 2.24) is 9.88 Å². The first-order valence-corrected chi connectivity index (χ1v) is 11.4. The maximum absolute atomic E-state index is 6.29. The third-order valence-corrected chi connectivity index (χ3v) is 6.45. The number of fused-ring (bicyclic) bond motifs is 1. The molecule has 162 valence electrons. The summed E-state index contributed by atoms with van der Waals surface area (Å²) in [6, 6.07) is 17.2. The van der Waals surface area contributed by atoms with Crippen LogP contribution in [-0.2, 0) is 4.74 Å². The summed E-state index contributed by atoms with van der Waals surface area (Å²) in [5.41, 5.74) is 2.41. The zero-order valence-electron chi connectivity index (χ0n) is 18.5. The Balaban J connectivity index is 1.24. The van der Waals surface area contributed by atoms with Crippen molar-refractivity contribution in [3.8, 4) is 16.9 Å². The molecule has 0 bridgehead atoms. The highest BCUT2D eigenvalue weighted by atomic mass is 16.5. The molecule has 0 saturated carbocycles. The maximum atomic E-state index is 6.29. The highest BCUT2D eigenvalue weighted by molar-refractivity contribution is 5.94. The second-order valence-corrected chi connectivity index (χ2v) is 8.81. The van der Waals surface area contributed by atoms with Gasteiger partial charge in [0.25, 0.3) is 0 Å². The summed E-state index contributed by atoms with van der Waals surface area (Å²) in [6.45, 7) is 3.04. The molecular weight excluding hydrogens is 386 g/mol. The average Bonchev–Trinajstić information content (AvgIpc) is 3.34. The molecule has 0 spiro atoms. The van der Waals surface area contributed by atoms with E-state index in [2.05, 4.69) is 63.3 Å². The summed E-state index contributed by atoms with van der Waals surface area (Å²) in [4.78, 5) is 9.04. The van der Waals surface area contributed by atoms with Gasteiger partial charge in [0.1, 0.15) is 23.9 Å². The molecule has 3 aromatic rings. The van der Waals surface area contributed by atoms with Crippen LogP contribution in [0.25, 0.3) is 21.9 Å². The summed E-state index contributed by atoms with van der Waals surface area (Å²) in [6.07, 6.45) is 7.01. The number of piperidine rings is 1. The van der Waals surface area contributed by atoms with Crippen molar-refractivity contribution in [2.24, 2.45) is 0 Å². The van der Waals surface area contributed by atoms with E-state index in [4.69, 9.17) is 9.47 Å². The molecule has 5 rings (SSSR count). The van der Waals surface area contributed by atoms with Crippen molar-refractivity contribution < 1.29 is 9.47 Å². The molecule has 2 aliphatic heterocycles. The van der Waals surface area contributed by atoms with Crippen LogP contribution in [-0.4, -0.2) is 56.0 Å². The number of rotatable bonds is 5. The van der Waals surface area contributed by atoms with Crippen LogP contribution in [0.2, 0.25) is 0 Å². The summed E-state index contributed by atoms with van der Waals surface area (Å²) in [5.74, 6) is 1.96. The number of ether oxygens (including phenoxy) is 2. The first-order valence-electron chi connectivity index (χ1n) is 11.4. The van der Waals surface area contributed by atoms with Crippen molar-refractivity contribution in [3.05, 3.63) is 54.7 Å². The molecular formula is C26H31N3O2. The molecule has 5 heteroatoms. The minimum Gasteiger partial charge on any atom is -0.490 e. The molecule has 0 N–H and O–H groups in total. The van der Waals surface area contributed by atoms with E-state index in [9.17, 15) is 0 Å². The fourth-order valence-corrected chi connectivity index (χ4v) is 4.75. The molecule has 0 aliphatic carbocycles. The summed E-state index contributed by atoms with van der Waals surface area (Å²) in [7, 11) is 4.06. The first kappa shape index (κ1) is 20.3. The predicted octanol–water partition coefficient (Wildman–Crippen LogP) is 4.95. The number of hydrogen-bond donors (Lipinski definition) is 0. The molecule has 1 aromatic heterocycles. The van der Waals surface area contributed by atoms with Gasteiger partial charge in [0.15, 0.2) is 0 Å². The molecule has 0 amide bonds. The predicted molar refractivity (Wildman–Crippen MR) is 126 cm³/mol. The van der Waals surface area contributed by atoms with Crippen molar-refractivity contribution in [2.75, 3.05) is 38.7 Å². The number of anilines is 1. The molecule has 2 aliphatic rings. The van der Waals surface area contributed by atoms with Crippen LogP contribution in [0.1, 0.15) is 25.7 Å². The highest BCUT2D eigenvalue weighted by Gasteiger charge is 2.28. The van der Waals surface area contributed by atoms with E-state index in [1.807, 2.05) is 20.3 Å². The van der Waals surface area contributed by atoms with Gasteiger partial charge in [-0.05, 0) is 66.5 Å². The quantitative estimate of drug-likeness (QED) is 0.587. The Hall–Kier alpha value is -2.63. The van der Waals surface area contributed by atoms with E-state index in [1.54, 1.807) is 0 Å². The molecule has 31 heavy (non-hydrogen) atoms. The van der Waals surface area contributed by atoms with E-state index < -0.39 is 0 Å². The number of pyridine rings is 1. The Kier molecular flexibility index (Phi) is 5.79. The molecule has 2 fully saturated rings. The molecule has 1 unspecified atom stereocenters. The van der Waals surface area contributed by atoms with Crippen LogP contribution in [0.3, 0.4) is 0 Å². The fraction of sp³-hybridized carbons (Fsp3) is 0.423. The normalized spacial score (nSPS) is 20.3. The Labute approximate surface area is 184 Å². The van der Waals surface area contributed by atoms with Gasteiger partial charge in [-0.3, -0.25) is 4.90 Å². The van der Waals surface area contributed by atoms with Gasteiger partial charge in [0.05, 0.1) is 0 Å². The lowest BCUT2D eigenvalue weighted by atomic mass is 10.0. The standard InChI is InChI=1S/C26H31N3O2/c1-28(2)26-24-10-7-20(18-21(24)11-14-27-26)19-5-8-22(9-6-19)31-23-12-15-29(16-13-23)25-4-3-17-30-25/h5-11,14,18,23,25H,3-4,12-13,15-17H2,1-2H3. The topological polar surface area (TPSA) is 37.8 Å². The van der Waals surface area contributed by atoms with Gasteiger partial charge in [0.2, 0.25) is 0 Å². The second kappa shape index (κ2) is 8.85. The third kappa shape index (κ3) is 4.39. The number of nitrogens with zero attached hydrogens (tertiary/aromatic N) is 3. The van der Waals surface area contributed by atoms with E-state index in [1.165, 1.54) is 34.7 Å². The van der Waals surface area contributed by atoms with Gasteiger partial charge in [0, 0.05) is 45.4 Å². The zero-order chi connectivity index (χ0) is 21.2. The Morgan fingerprint density at radius 3 is 2.45 bits per heavy atom. The van der Waals surface area contributed by atoms with Gasteiger partial charge in [-0.25, -0.2) is 4.98 Å². The highest BCUT2D eigenvalue weighted by Crippen LogP contribution is 2.30. The largest absolute Gasteiger partial charge is 0.490 e. The summed E-state index contributed by atoms with van der Waals surface area (Å²) < 4.78 is 12.1. The van der Waals surface area contributed by atoms with E-state index in [-0.39, 0.29) is 0 Å². The number of benzene rings is 2. The average molecular weight is 418 g/mol. The molecule has 2 saturated heterocycles. The lowest BCUT2D eigenvalue weighted by molar-refractivity contribution is -0.0441. The molecule has 2 aromatic carbocycles. The van der Waals surface area contributed by atoms with Gasteiger partial charge in [-0.15, -0.1) is 0 Å². The van der Waals surface area contributed by atoms with Crippen LogP contribution in [0.5, 0.6) is 5.75 Å². The van der Waals surface area contributed by atoms with E-state index in [0.29, 0.717) is 12.3 Å². The maximum Gasteiger partial charge on any atom is 0.135 e. The van der Waals surface area contributed by atoms with Crippen LogP contribution in [0.4, 0.5) is 5.82 Å². The van der Waals surface area contributed by atoms with Crippen LogP contribution >= 0.6 is 0 Å². The van der Waals surface area contributed by atoms with Gasteiger partial charge in [-0.2, -0.15) is 0 Å². The monoisotopic (exact) mass is 417 g/mol.